The fourth-order valence-corrected chi connectivity index (χ4v) is 2.08. The summed E-state index contributed by atoms with van der Waals surface area (Å²) in [5.74, 6) is 0. The highest BCUT2D eigenvalue weighted by atomic mass is 16.5. The molecule has 16 heavy (non-hydrogen) atoms. The van der Waals surface area contributed by atoms with Crippen molar-refractivity contribution in [1.29, 1.82) is 0 Å². The van der Waals surface area contributed by atoms with Crippen LogP contribution in [0.1, 0.15) is 36.2 Å². The van der Waals surface area contributed by atoms with Gasteiger partial charge in [0.2, 0.25) is 0 Å². The van der Waals surface area contributed by atoms with E-state index in [0.717, 1.165) is 25.0 Å². The lowest BCUT2D eigenvalue weighted by molar-refractivity contribution is 0.112. The molecule has 2 N–H and O–H groups in total. The van der Waals surface area contributed by atoms with Gasteiger partial charge in [-0.1, -0.05) is 24.3 Å². The summed E-state index contributed by atoms with van der Waals surface area (Å²) in [6.45, 7) is 1.45. The van der Waals surface area contributed by atoms with E-state index in [2.05, 4.69) is 17.4 Å². The number of hydrogen-bond donors (Lipinski definition) is 2. The van der Waals surface area contributed by atoms with Gasteiger partial charge >= 0.3 is 0 Å². The molecule has 1 saturated heterocycles. The molecular formula is C13H19NO2. The zero-order chi connectivity index (χ0) is 11.4. The predicted octanol–water partition coefficient (Wildman–Crippen LogP) is 1.79. The van der Waals surface area contributed by atoms with E-state index in [9.17, 15) is 5.11 Å². The number of aliphatic hydroxyl groups is 1. The third-order valence-corrected chi connectivity index (χ3v) is 3.02. The molecule has 0 saturated carbocycles. The molecule has 0 bridgehead atoms. The zero-order valence-electron chi connectivity index (χ0n) is 9.65. The monoisotopic (exact) mass is 221 g/mol. The third-order valence-electron chi connectivity index (χ3n) is 3.02. The Bertz CT molecular complexity index is 317. The molecule has 1 heterocycles. The molecule has 0 amide bonds. The maximum Gasteiger partial charge on any atom is 0.0914 e. The molecule has 88 valence electrons. The van der Waals surface area contributed by atoms with Crippen LogP contribution in [0.15, 0.2) is 24.3 Å². The summed E-state index contributed by atoms with van der Waals surface area (Å²) in [7, 11) is 1.84. The molecule has 2 unspecified atom stereocenters. The van der Waals surface area contributed by atoms with Crippen molar-refractivity contribution in [2.45, 2.75) is 25.0 Å². The van der Waals surface area contributed by atoms with Crippen LogP contribution in [0, 0.1) is 0 Å². The summed E-state index contributed by atoms with van der Waals surface area (Å²) < 4.78 is 5.61. The molecule has 1 aromatic rings. The van der Waals surface area contributed by atoms with Crippen LogP contribution in [0.5, 0.6) is 0 Å². The van der Waals surface area contributed by atoms with Gasteiger partial charge in [-0.2, -0.15) is 0 Å². The van der Waals surface area contributed by atoms with Crippen LogP contribution < -0.4 is 5.32 Å². The van der Waals surface area contributed by atoms with E-state index in [1.54, 1.807) is 0 Å². The topological polar surface area (TPSA) is 41.5 Å². The molecule has 1 fully saturated rings. The van der Waals surface area contributed by atoms with Gasteiger partial charge in [0.25, 0.3) is 0 Å². The molecule has 3 heteroatoms. The van der Waals surface area contributed by atoms with Gasteiger partial charge in [0.1, 0.15) is 0 Å². The van der Waals surface area contributed by atoms with Gasteiger partial charge in [-0.25, -0.2) is 0 Å². The highest BCUT2D eigenvalue weighted by Crippen LogP contribution is 2.29. The zero-order valence-corrected chi connectivity index (χ0v) is 9.65. The Morgan fingerprint density at radius 3 is 2.75 bits per heavy atom. The molecular weight excluding hydrogens is 202 g/mol. The van der Waals surface area contributed by atoms with Crippen molar-refractivity contribution in [1.82, 2.24) is 5.32 Å². The van der Waals surface area contributed by atoms with Crippen LogP contribution >= 0.6 is 0 Å². The van der Waals surface area contributed by atoms with Crippen molar-refractivity contribution in [3.63, 3.8) is 0 Å². The van der Waals surface area contributed by atoms with Crippen LogP contribution in [-0.2, 0) is 4.74 Å². The number of nitrogens with one attached hydrogen (secondary N) is 1. The lowest BCUT2D eigenvalue weighted by atomic mass is 10.0. The van der Waals surface area contributed by atoms with Crippen molar-refractivity contribution in [2.75, 3.05) is 20.2 Å². The Morgan fingerprint density at radius 2 is 2.19 bits per heavy atom. The van der Waals surface area contributed by atoms with E-state index in [-0.39, 0.29) is 6.10 Å². The molecule has 2 rings (SSSR count). The van der Waals surface area contributed by atoms with E-state index in [4.69, 9.17) is 4.74 Å². The van der Waals surface area contributed by atoms with Crippen molar-refractivity contribution >= 4 is 0 Å². The van der Waals surface area contributed by atoms with E-state index in [0.29, 0.717) is 6.54 Å². The predicted molar refractivity (Wildman–Crippen MR) is 63.3 cm³/mol. The van der Waals surface area contributed by atoms with E-state index in [1.807, 2.05) is 19.2 Å². The first-order valence-electron chi connectivity index (χ1n) is 5.85. The largest absolute Gasteiger partial charge is 0.387 e. The summed E-state index contributed by atoms with van der Waals surface area (Å²) in [6.07, 6.45) is 2.09. The molecule has 1 aliphatic rings. The van der Waals surface area contributed by atoms with Crippen LogP contribution in [0.2, 0.25) is 0 Å². The van der Waals surface area contributed by atoms with Crippen molar-refractivity contribution in [3.8, 4) is 0 Å². The van der Waals surface area contributed by atoms with Gasteiger partial charge in [0.15, 0.2) is 0 Å². The molecule has 0 radical (unpaired) electrons. The number of rotatable bonds is 4. The number of benzene rings is 1. The standard InChI is InChI=1S/C13H19NO2/c1-14-9-12(15)10-4-6-11(7-5-10)13-3-2-8-16-13/h4-7,12-15H,2-3,8-9H2,1H3. The molecule has 2 atom stereocenters. The Morgan fingerprint density at radius 1 is 1.44 bits per heavy atom. The van der Waals surface area contributed by atoms with E-state index < -0.39 is 6.10 Å². The van der Waals surface area contributed by atoms with Crippen LogP contribution in [0.4, 0.5) is 0 Å². The van der Waals surface area contributed by atoms with Gasteiger partial charge in [-0.3, -0.25) is 0 Å². The fourth-order valence-electron chi connectivity index (χ4n) is 2.08. The first kappa shape index (κ1) is 11.6. The van der Waals surface area contributed by atoms with Crippen LogP contribution in [-0.4, -0.2) is 25.3 Å². The number of hydrogen-bond acceptors (Lipinski definition) is 3. The second kappa shape index (κ2) is 5.43. The molecule has 3 nitrogen and oxygen atoms in total. The minimum Gasteiger partial charge on any atom is -0.387 e. The molecule has 1 aromatic carbocycles. The Hall–Kier alpha value is -0.900. The Balaban J connectivity index is 2.03. The summed E-state index contributed by atoms with van der Waals surface area (Å²) in [6, 6.07) is 8.09. The van der Waals surface area contributed by atoms with Crippen molar-refractivity contribution in [2.24, 2.45) is 0 Å². The quantitative estimate of drug-likeness (QED) is 0.814. The van der Waals surface area contributed by atoms with Crippen LogP contribution in [0.25, 0.3) is 0 Å². The number of aliphatic hydroxyl groups excluding tert-OH is 1. The highest BCUT2D eigenvalue weighted by Gasteiger charge is 2.17. The van der Waals surface area contributed by atoms with Crippen molar-refractivity contribution < 1.29 is 9.84 Å². The summed E-state index contributed by atoms with van der Waals surface area (Å²) in [5.41, 5.74) is 2.18. The van der Waals surface area contributed by atoms with E-state index >= 15 is 0 Å². The van der Waals surface area contributed by atoms with Crippen LogP contribution in [0.3, 0.4) is 0 Å². The fraction of sp³-hybridized carbons (Fsp3) is 0.538. The first-order valence-corrected chi connectivity index (χ1v) is 5.85. The second-order valence-electron chi connectivity index (χ2n) is 4.24. The minimum atomic E-state index is -0.427. The lowest BCUT2D eigenvalue weighted by Crippen LogP contribution is -2.16. The van der Waals surface area contributed by atoms with Gasteiger partial charge in [0, 0.05) is 13.2 Å². The summed E-state index contributed by atoms with van der Waals surface area (Å²) in [5, 5.41) is 12.7. The Kier molecular flexibility index (Phi) is 3.93. The maximum atomic E-state index is 9.78. The number of likely N-dealkylation sites (N-methyl/N-ethyl adjacent to an activating group) is 1. The normalized spacial score (nSPS) is 22.2. The lowest BCUT2D eigenvalue weighted by Gasteiger charge is -2.13. The SMILES string of the molecule is CNCC(O)c1ccc(C2CCCO2)cc1. The third kappa shape index (κ3) is 2.61. The molecule has 0 aromatic heterocycles. The molecule has 1 aliphatic heterocycles. The van der Waals surface area contributed by atoms with Gasteiger partial charge in [0.05, 0.1) is 12.2 Å². The average molecular weight is 221 g/mol. The number of ether oxygens (including phenoxy) is 1. The second-order valence-corrected chi connectivity index (χ2v) is 4.24. The Labute approximate surface area is 96.4 Å². The maximum absolute atomic E-state index is 9.78. The highest BCUT2D eigenvalue weighted by molar-refractivity contribution is 5.26. The molecule has 0 spiro atoms. The summed E-state index contributed by atoms with van der Waals surface area (Å²) >= 11 is 0. The average Bonchev–Trinajstić information content (AvgIpc) is 2.83. The van der Waals surface area contributed by atoms with Crippen molar-refractivity contribution in [3.05, 3.63) is 35.4 Å². The molecule has 0 aliphatic carbocycles. The van der Waals surface area contributed by atoms with Gasteiger partial charge < -0.3 is 15.2 Å². The minimum absolute atomic E-state index is 0.260. The van der Waals surface area contributed by atoms with Gasteiger partial charge in [-0.15, -0.1) is 0 Å². The van der Waals surface area contributed by atoms with Gasteiger partial charge in [-0.05, 0) is 31.0 Å². The summed E-state index contributed by atoms with van der Waals surface area (Å²) in [4.78, 5) is 0. The smallest absolute Gasteiger partial charge is 0.0914 e. The van der Waals surface area contributed by atoms with E-state index in [1.165, 1.54) is 5.56 Å². The first-order chi connectivity index (χ1) is 7.81.